The van der Waals surface area contributed by atoms with Crippen LogP contribution in [0.15, 0.2) is 0 Å². The second-order valence-electron chi connectivity index (χ2n) is 4.33. The van der Waals surface area contributed by atoms with Crippen LogP contribution in [0.5, 0.6) is 0 Å². The maximum absolute atomic E-state index is 11.6. The molecule has 0 N–H and O–H groups in total. The minimum atomic E-state index is -0.145. The van der Waals surface area contributed by atoms with Gasteiger partial charge < -0.3 is 4.74 Å². The van der Waals surface area contributed by atoms with Crippen molar-refractivity contribution in [1.82, 2.24) is 0 Å². The fourth-order valence-electron chi connectivity index (χ4n) is 2.59. The third kappa shape index (κ3) is 2.58. The number of methoxy groups -OCH3 is 1. The van der Waals surface area contributed by atoms with Crippen LogP contribution in [0.3, 0.4) is 0 Å². The molecule has 0 amide bonds. The Bertz CT molecular complexity index is 247. The van der Waals surface area contributed by atoms with E-state index in [1.165, 1.54) is 7.11 Å². The van der Waals surface area contributed by atoms with Gasteiger partial charge in [-0.2, -0.15) is 0 Å². The van der Waals surface area contributed by atoms with Gasteiger partial charge in [0.05, 0.1) is 13.0 Å². The molecule has 1 aliphatic rings. The number of Topliss-reactive ketones (excluding diaryl/α,β-unsaturated/α-hetero) is 1. The second-order valence-corrected chi connectivity index (χ2v) is 4.33. The van der Waals surface area contributed by atoms with Gasteiger partial charge in [-0.1, -0.05) is 20.3 Å². The Hall–Kier alpha value is -0.860. The van der Waals surface area contributed by atoms with Gasteiger partial charge in [0.15, 0.2) is 0 Å². The predicted octanol–water partition coefficient (Wildman–Crippen LogP) is 2.19. The van der Waals surface area contributed by atoms with Crippen molar-refractivity contribution in [3.05, 3.63) is 0 Å². The zero-order valence-electron chi connectivity index (χ0n) is 9.79. The first-order chi connectivity index (χ1) is 7.11. The molecule has 0 aromatic heterocycles. The highest BCUT2D eigenvalue weighted by Gasteiger charge is 2.38. The Labute approximate surface area is 91.2 Å². The Morgan fingerprint density at radius 3 is 2.60 bits per heavy atom. The molecule has 0 aliphatic heterocycles. The standard InChI is InChI=1S/C12H20O3/c1-4-11(13)8(2)9-6-5-7-10(9)12(14)15-3/h8-10H,4-7H2,1-3H3/t8-,9+,10-/m0/s1. The lowest BCUT2D eigenvalue weighted by Gasteiger charge is -2.22. The van der Waals surface area contributed by atoms with Crippen molar-refractivity contribution in [1.29, 1.82) is 0 Å². The number of carbonyl (C=O) groups excluding carboxylic acids is 2. The predicted molar refractivity (Wildman–Crippen MR) is 57.3 cm³/mol. The van der Waals surface area contributed by atoms with E-state index in [4.69, 9.17) is 4.74 Å². The number of hydrogen-bond donors (Lipinski definition) is 0. The first-order valence-electron chi connectivity index (χ1n) is 5.72. The van der Waals surface area contributed by atoms with E-state index in [0.29, 0.717) is 6.42 Å². The van der Waals surface area contributed by atoms with Crippen molar-refractivity contribution >= 4 is 11.8 Å². The van der Waals surface area contributed by atoms with Gasteiger partial charge in [0.2, 0.25) is 0 Å². The minimum Gasteiger partial charge on any atom is -0.469 e. The van der Waals surface area contributed by atoms with Gasteiger partial charge in [0.1, 0.15) is 5.78 Å². The monoisotopic (exact) mass is 212 g/mol. The number of carbonyl (C=O) groups is 2. The second kappa shape index (κ2) is 5.29. The highest BCUT2D eigenvalue weighted by atomic mass is 16.5. The molecular weight excluding hydrogens is 192 g/mol. The molecule has 0 unspecified atom stereocenters. The van der Waals surface area contributed by atoms with Gasteiger partial charge >= 0.3 is 5.97 Å². The van der Waals surface area contributed by atoms with Crippen molar-refractivity contribution in [2.24, 2.45) is 17.8 Å². The smallest absolute Gasteiger partial charge is 0.308 e. The first kappa shape index (κ1) is 12.2. The minimum absolute atomic E-state index is 0.00148. The molecule has 1 saturated carbocycles. The van der Waals surface area contributed by atoms with Gasteiger partial charge in [0.25, 0.3) is 0 Å². The van der Waals surface area contributed by atoms with Crippen molar-refractivity contribution < 1.29 is 14.3 Å². The summed E-state index contributed by atoms with van der Waals surface area (Å²) < 4.78 is 4.78. The van der Waals surface area contributed by atoms with Crippen molar-refractivity contribution in [3.63, 3.8) is 0 Å². The summed E-state index contributed by atoms with van der Waals surface area (Å²) in [6, 6.07) is 0. The van der Waals surface area contributed by atoms with Gasteiger partial charge in [-0.15, -0.1) is 0 Å². The number of esters is 1. The van der Waals surface area contributed by atoms with Gasteiger partial charge in [-0.3, -0.25) is 9.59 Å². The van der Waals surface area contributed by atoms with Crippen LogP contribution in [0.2, 0.25) is 0 Å². The normalized spacial score (nSPS) is 27.4. The molecule has 0 aromatic carbocycles. The maximum Gasteiger partial charge on any atom is 0.308 e. The van der Waals surface area contributed by atoms with E-state index in [1.807, 2.05) is 13.8 Å². The van der Waals surface area contributed by atoms with Crippen LogP contribution in [-0.4, -0.2) is 18.9 Å². The molecule has 0 spiro atoms. The Kier molecular flexibility index (Phi) is 4.30. The van der Waals surface area contributed by atoms with Crippen molar-refractivity contribution in [2.75, 3.05) is 7.11 Å². The molecule has 0 radical (unpaired) electrons. The van der Waals surface area contributed by atoms with Gasteiger partial charge in [0, 0.05) is 12.3 Å². The highest BCUT2D eigenvalue weighted by molar-refractivity contribution is 5.82. The third-order valence-corrected chi connectivity index (χ3v) is 3.57. The number of hydrogen-bond acceptors (Lipinski definition) is 3. The van der Waals surface area contributed by atoms with Crippen LogP contribution >= 0.6 is 0 Å². The zero-order valence-corrected chi connectivity index (χ0v) is 9.79. The Morgan fingerprint density at radius 2 is 2.07 bits per heavy atom. The molecule has 0 saturated heterocycles. The molecule has 1 aliphatic carbocycles. The zero-order chi connectivity index (χ0) is 11.4. The third-order valence-electron chi connectivity index (χ3n) is 3.57. The summed E-state index contributed by atoms with van der Waals surface area (Å²) in [4.78, 5) is 23.1. The summed E-state index contributed by atoms with van der Waals surface area (Å²) in [5, 5.41) is 0. The lowest BCUT2D eigenvalue weighted by Crippen LogP contribution is -2.29. The topological polar surface area (TPSA) is 43.4 Å². The van der Waals surface area contributed by atoms with Crippen LogP contribution in [0, 0.1) is 17.8 Å². The molecule has 3 nitrogen and oxygen atoms in total. The average Bonchev–Trinajstić information content (AvgIpc) is 2.74. The lowest BCUT2D eigenvalue weighted by atomic mass is 9.82. The van der Waals surface area contributed by atoms with E-state index in [0.717, 1.165) is 19.3 Å². The highest BCUT2D eigenvalue weighted by Crippen LogP contribution is 2.38. The van der Waals surface area contributed by atoms with Crippen molar-refractivity contribution in [3.8, 4) is 0 Å². The summed E-state index contributed by atoms with van der Waals surface area (Å²) in [7, 11) is 1.42. The fourth-order valence-corrected chi connectivity index (χ4v) is 2.59. The number of ether oxygens (including phenoxy) is 1. The maximum atomic E-state index is 11.6. The molecule has 0 bridgehead atoms. The summed E-state index contributed by atoms with van der Waals surface area (Å²) in [5.41, 5.74) is 0. The number of ketones is 1. The quantitative estimate of drug-likeness (QED) is 0.671. The summed E-state index contributed by atoms with van der Waals surface area (Å²) in [5.74, 6) is 0.260. The Morgan fingerprint density at radius 1 is 1.40 bits per heavy atom. The SMILES string of the molecule is CCC(=O)[C@@H](C)[C@H]1CCC[C@@H]1C(=O)OC. The molecule has 0 aromatic rings. The summed E-state index contributed by atoms with van der Waals surface area (Å²) in [6.45, 7) is 3.82. The molecule has 3 heteroatoms. The Balaban J connectivity index is 2.67. The van der Waals surface area contributed by atoms with Crippen LogP contribution in [0.4, 0.5) is 0 Å². The molecule has 15 heavy (non-hydrogen) atoms. The molecule has 1 fully saturated rings. The lowest BCUT2D eigenvalue weighted by molar-refractivity contribution is -0.147. The van der Waals surface area contributed by atoms with Gasteiger partial charge in [-0.05, 0) is 18.8 Å². The van der Waals surface area contributed by atoms with E-state index in [2.05, 4.69) is 0 Å². The average molecular weight is 212 g/mol. The first-order valence-corrected chi connectivity index (χ1v) is 5.72. The van der Waals surface area contributed by atoms with E-state index >= 15 is 0 Å². The largest absolute Gasteiger partial charge is 0.469 e. The van der Waals surface area contributed by atoms with E-state index in [-0.39, 0.29) is 29.5 Å². The molecule has 3 atom stereocenters. The number of rotatable bonds is 4. The van der Waals surface area contributed by atoms with Crippen molar-refractivity contribution in [2.45, 2.75) is 39.5 Å². The molecule has 1 rings (SSSR count). The molecular formula is C12H20O3. The van der Waals surface area contributed by atoms with E-state index < -0.39 is 0 Å². The molecule has 0 heterocycles. The van der Waals surface area contributed by atoms with E-state index in [9.17, 15) is 9.59 Å². The fraction of sp³-hybridized carbons (Fsp3) is 0.833. The van der Waals surface area contributed by atoms with Crippen LogP contribution in [-0.2, 0) is 14.3 Å². The summed E-state index contributed by atoms with van der Waals surface area (Å²) in [6.07, 6.45) is 3.45. The van der Waals surface area contributed by atoms with E-state index in [1.54, 1.807) is 0 Å². The van der Waals surface area contributed by atoms with Crippen LogP contribution < -0.4 is 0 Å². The summed E-state index contributed by atoms with van der Waals surface area (Å²) >= 11 is 0. The van der Waals surface area contributed by atoms with Crippen LogP contribution in [0.1, 0.15) is 39.5 Å². The molecule has 86 valence electrons. The van der Waals surface area contributed by atoms with Gasteiger partial charge in [-0.25, -0.2) is 0 Å². The van der Waals surface area contributed by atoms with Crippen LogP contribution in [0.25, 0.3) is 0 Å².